The zero-order chi connectivity index (χ0) is 18.7. The van der Waals surface area contributed by atoms with Crippen LogP contribution >= 0.6 is 34.5 Å². The Hall–Kier alpha value is -1.34. The summed E-state index contributed by atoms with van der Waals surface area (Å²) in [6, 6.07) is 3.76. The van der Waals surface area contributed by atoms with Crippen LogP contribution in [0.1, 0.15) is 41.4 Å². The Morgan fingerprint density at radius 1 is 1.38 bits per heavy atom. The van der Waals surface area contributed by atoms with E-state index in [1.165, 1.54) is 37.7 Å². The quantitative estimate of drug-likeness (QED) is 0.741. The molecule has 0 aliphatic carbocycles. The Kier molecular flexibility index (Phi) is 6.40. The molecule has 0 saturated carbocycles. The number of hydrogen-bond acceptors (Lipinski definition) is 5. The van der Waals surface area contributed by atoms with Gasteiger partial charge in [0.25, 0.3) is 5.91 Å². The van der Waals surface area contributed by atoms with E-state index in [0.29, 0.717) is 16.2 Å². The van der Waals surface area contributed by atoms with Gasteiger partial charge in [-0.15, -0.1) is 11.3 Å². The Labute approximate surface area is 167 Å². The molecule has 1 aromatic carbocycles. The number of carbonyl (C=O) groups is 1. The number of anilines is 1. The minimum absolute atomic E-state index is 0.211. The number of hydrogen-bond donors (Lipinski definition) is 1. The van der Waals surface area contributed by atoms with Gasteiger partial charge in [-0.25, -0.2) is 4.98 Å². The number of amides is 1. The van der Waals surface area contributed by atoms with Crippen molar-refractivity contribution in [1.29, 1.82) is 0 Å². The average Bonchev–Trinajstić information content (AvgIpc) is 3.05. The van der Waals surface area contributed by atoms with Crippen LogP contribution in [0, 0.1) is 0 Å². The minimum Gasteiger partial charge on any atom is -0.494 e. The van der Waals surface area contributed by atoms with Crippen molar-refractivity contribution >= 4 is 45.6 Å². The van der Waals surface area contributed by atoms with Crippen molar-refractivity contribution in [3.05, 3.63) is 38.8 Å². The summed E-state index contributed by atoms with van der Waals surface area (Å²) in [6.07, 6.45) is 5.58. The van der Waals surface area contributed by atoms with Gasteiger partial charge in [0.2, 0.25) is 0 Å². The van der Waals surface area contributed by atoms with E-state index in [1.54, 1.807) is 12.1 Å². The van der Waals surface area contributed by atoms with Crippen molar-refractivity contribution < 1.29 is 9.53 Å². The van der Waals surface area contributed by atoms with E-state index in [-0.39, 0.29) is 22.2 Å². The van der Waals surface area contributed by atoms with Crippen LogP contribution in [0.4, 0.5) is 5.13 Å². The Balaban J connectivity index is 1.71. The fourth-order valence-corrected chi connectivity index (χ4v) is 4.44. The largest absolute Gasteiger partial charge is 0.494 e. The molecular weight excluding hydrogens is 393 g/mol. The van der Waals surface area contributed by atoms with E-state index < -0.39 is 0 Å². The number of rotatable bonds is 5. The van der Waals surface area contributed by atoms with Gasteiger partial charge in [0, 0.05) is 23.7 Å². The number of likely N-dealkylation sites (tertiary alicyclic amines) is 1. The molecule has 1 atom stereocenters. The van der Waals surface area contributed by atoms with Crippen LogP contribution in [0.3, 0.4) is 0 Å². The summed E-state index contributed by atoms with van der Waals surface area (Å²) in [6.45, 7) is 4.22. The van der Waals surface area contributed by atoms with Crippen LogP contribution < -0.4 is 10.1 Å². The van der Waals surface area contributed by atoms with Crippen LogP contribution in [-0.2, 0) is 6.54 Å². The highest BCUT2D eigenvalue weighted by atomic mass is 35.5. The van der Waals surface area contributed by atoms with Crippen LogP contribution in [-0.4, -0.2) is 35.5 Å². The summed E-state index contributed by atoms with van der Waals surface area (Å²) in [7, 11) is 1.45. The molecule has 1 aromatic heterocycles. The molecule has 1 aliphatic heterocycles. The van der Waals surface area contributed by atoms with Crippen molar-refractivity contribution in [2.45, 2.75) is 38.8 Å². The van der Waals surface area contributed by atoms with Crippen molar-refractivity contribution in [2.75, 3.05) is 19.0 Å². The lowest BCUT2D eigenvalue weighted by atomic mass is 10.0. The summed E-state index contributed by atoms with van der Waals surface area (Å²) < 4.78 is 5.23. The normalized spacial score (nSPS) is 17.9. The molecule has 26 heavy (non-hydrogen) atoms. The summed E-state index contributed by atoms with van der Waals surface area (Å²) in [4.78, 5) is 20.5. The first kappa shape index (κ1) is 19.4. The Bertz CT molecular complexity index is 797. The smallest absolute Gasteiger partial charge is 0.262 e. The second kappa shape index (κ2) is 8.57. The topological polar surface area (TPSA) is 54.5 Å². The predicted molar refractivity (Wildman–Crippen MR) is 107 cm³/mol. The number of nitrogens with one attached hydrogen (secondary N) is 1. The zero-order valence-electron chi connectivity index (χ0n) is 14.7. The number of nitrogens with zero attached hydrogens (tertiary/aromatic N) is 2. The molecule has 1 fully saturated rings. The summed E-state index contributed by atoms with van der Waals surface area (Å²) in [5, 5.41) is 3.95. The average molecular weight is 414 g/mol. The highest BCUT2D eigenvalue weighted by Crippen LogP contribution is 2.34. The third kappa shape index (κ3) is 4.31. The van der Waals surface area contributed by atoms with E-state index in [2.05, 4.69) is 22.1 Å². The van der Waals surface area contributed by atoms with Gasteiger partial charge in [-0.05, 0) is 38.4 Å². The number of methoxy groups -OCH3 is 1. The number of aromatic nitrogens is 1. The predicted octanol–water partition coefficient (Wildman–Crippen LogP) is 5.09. The number of benzene rings is 1. The summed E-state index contributed by atoms with van der Waals surface area (Å²) in [5.41, 5.74) is 0.211. The zero-order valence-corrected chi connectivity index (χ0v) is 17.0. The van der Waals surface area contributed by atoms with Gasteiger partial charge in [0.15, 0.2) is 10.9 Å². The van der Waals surface area contributed by atoms with Crippen LogP contribution in [0.25, 0.3) is 0 Å². The molecule has 0 radical (unpaired) electrons. The molecule has 1 aliphatic rings. The Morgan fingerprint density at radius 3 is 2.88 bits per heavy atom. The summed E-state index contributed by atoms with van der Waals surface area (Å²) >= 11 is 13.7. The van der Waals surface area contributed by atoms with Crippen molar-refractivity contribution in [3.8, 4) is 5.75 Å². The van der Waals surface area contributed by atoms with E-state index >= 15 is 0 Å². The third-order valence-electron chi connectivity index (χ3n) is 4.56. The molecule has 0 bridgehead atoms. The monoisotopic (exact) mass is 413 g/mol. The number of carbonyl (C=O) groups excluding carboxylic acids is 1. The molecular formula is C18H21Cl2N3O2S. The minimum atomic E-state index is -0.387. The van der Waals surface area contributed by atoms with Gasteiger partial charge in [0.05, 0.1) is 17.2 Å². The maximum absolute atomic E-state index is 12.6. The van der Waals surface area contributed by atoms with Gasteiger partial charge in [-0.1, -0.05) is 29.6 Å². The summed E-state index contributed by atoms with van der Waals surface area (Å²) in [5.74, 6) is -0.128. The first-order valence-electron chi connectivity index (χ1n) is 8.51. The van der Waals surface area contributed by atoms with Crippen LogP contribution in [0.15, 0.2) is 18.3 Å². The van der Waals surface area contributed by atoms with E-state index in [0.717, 1.165) is 18.0 Å². The fraction of sp³-hybridized carbons (Fsp3) is 0.444. The fourth-order valence-electron chi connectivity index (χ4n) is 3.14. The SMILES string of the molecule is COc1c(Cl)ccc(Cl)c1C(=O)Nc1ncc(CN2CCCCC2C)s1. The molecule has 140 valence electrons. The third-order valence-corrected chi connectivity index (χ3v) is 6.07. The van der Waals surface area contributed by atoms with Crippen LogP contribution in [0.2, 0.25) is 10.0 Å². The molecule has 8 heteroatoms. The first-order chi connectivity index (χ1) is 12.5. The molecule has 1 saturated heterocycles. The first-order valence-corrected chi connectivity index (χ1v) is 10.1. The number of ether oxygens (including phenoxy) is 1. The van der Waals surface area contributed by atoms with Gasteiger partial charge in [0.1, 0.15) is 5.56 Å². The highest BCUT2D eigenvalue weighted by molar-refractivity contribution is 7.15. The van der Waals surface area contributed by atoms with Gasteiger partial charge >= 0.3 is 0 Å². The second-order valence-corrected chi connectivity index (χ2v) is 8.27. The van der Waals surface area contributed by atoms with E-state index in [1.807, 2.05) is 6.20 Å². The van der Waals surface area contributed by atoms with E-state index in [4.69, 9.17) is 27.9 Å². The van der Waals surface area contributed by atoms with Crippen molar-refractivity contribution in [2.24, 2.45) is 0 Å². The molecule has 1 unspecified atom stereocenters. The number of piperidine rings is 1. The lowest BCUT2D eigenvalue weighted by Gasteiger charge is -2.32. The lowest BCUT2D eigenvalue weighted by molar-refractivity contribution is 0.102. The van der Waals surface area contributed by atoms with Gasteiger partial charge in [-0.3, -0.25) is 15.0 Å². The van der Waals surface area contributed by atoms with Crippen molar-refractivity contribution in [3.63, 3.8) is 0 Å². The van der Waals surface area contributed by atoms with Gasteiger partial charge < -0.3 is 4.74 Å². The van der Waals surface area contributed by atoms with Crippen LogP contribution in [0.5, 0.6) is 5.75 Å². The maximum Gasteiger partial charge on any atom is 0.262 e. The molecule has 5 nitrogen and oxygen atoms in total. The highest BCUT2D eigenvalue weighted by Gasteiger charge is 2.22. The second-order valence-electron chi connectivity index (χ2n) is 6.34. The Morgan fingerprint density at radius 2 is 2.15 bits per heavy atom. The molecule has 2 aromatic rings. The number of thiazole rings is 1. The van der Waals surface area contributed by atoms with Gasteiger partial charge in [-0.2, -0.15) is 0 Å². The molecule has 1 amide bonds. The lowest BCUT2D eigenvalue weighted by Crippen LogP contribution is -2.36. The standard InChI is InChI=1S/C18H21Cl2N3O2S/c1-11-5-3-4-8-23(11)10-12-9-21-18(26-12)22-17(24)15-13(19)6-7-14(20)16(15)25-2/h6-7,9,11H,3-5,8,10H2,1-2H3,(H,21,22,24). The number of halogens is 2. The van der Waals surface area contributed by atoms with Crippen molar-refractivity contribution in [1.82, 2.24) is 9.88 Å². The molecule has 2 heterocycles. The molecule has 1 N–H and O–H groups in total. The molecule has 0 spiro atoms. The van der Waals surface area contributed by atoms with E-state index in [9.17, 15) is 4.79 Å². The maximum atomic E-state index is 12.6. The molecule has 3 rings (SSSR count).